The molecule has 72 valence electrons. The van der Waals surface area contributed by atoms with Gasteiger partial charge in [-0.2, -0.15) is 0 Å². The predicted octanol–water partition coefficient (Wildman–Crippen LogP) is 1.57. The molecule has 0 radical (unpaired) electrons. The van der Waals surface area contributed by atoms with Crippen LogP contribution in [0, 0.1) is 0 Å². The Kier molecular flexibility index (Phi) is 2.45. The molecule has 0 atom stereocenters. The van der Waals surface area contributed by atoms with Crippen LogP contribution in [0.1, 0.15) is 5.76 Å². The summed E-state index contributed by atoms with van der Waals surface area (Å²) in [5.74, 6) is 0.968. The van der Waals surface area contributed by atoms with E-state index in [-0.39, 0.29) is 5.60 Å². The highest BCUT2D eigenvalue weighted by Crippen LogP contribution is 2.24. The van der Waals surface area contributed by atoms with Crippen molar-refractivity contribution in [3.63, 3.8) is 0 Å². The summed E-state index contributed by atoms with van der Waals surface area (Å²) >= 11 is 3.35. The van der Waals surface area contributed by atoms with Crippen molar-refractivity contribution in [1.29, 1.82) is 0 Å². The number of hydrogen-bond donors (Lipinski definition) is 1. The van der Waals surface area contributed by atoms with E-state index in [2.05, 4.69) is 21.2 Å². The maximum absolute atomic E-state index is 5.45. The Morgan fingerprint density at radius 3 is 2.85 bits per heavy atom. The lowest BCUT2D eigenvalue weighted by molar-refractivity contribution is -0.0533. The summed E-state index contributed by atoms with van der Waals surface area (Å²) in [5.41, 5.74) is -0.0444. The van der Waals surface area contributed by atoms with Crippen molar-refractivity contribution in [3.05, 3.63) is 22.6 Å². The minimum absolute atomic E-state index is 0.0444. The molecular formula is C9H12BrNO2. The van der Waals surface area contributed by atoms with Crippen molar-refractivity contribution in [2.45, 2.75) is 12.0 Å². The number of methoxy groups -OCH3 is 1. The first kappa shape index (κ1) is 9.24. The average molecular weight is 246 g/mol. The molecule has 0 amide bonds. The second kappa shape index (κ2) is 3.44. The molecule has 1 aromatic rings. The molecule has 1 fully saturated rings. The van der Waals surface area contributed by atoms with Crippen LogP contribution in [-0.2, 0) is 11.2 Å². The molecule has 0 aromatic carbocycles. The first-order valence-electron chi connectivity index (χ1n) is 4.23. The molecule has 1 N–H and O–H groups in total. The quantitative estimate of drug-likeness (QED) is 0.879. The molecule has 0 unspecified atom stereocenters. The third-order valence-corrected chi connectivity index (χ3v) is 2.86. The van der Waals surface area contributed by atoms with Gasteiger partial charge in [-0.1, -0.05) is 0 Å². The van der Waals surface area contributed by atoms with Gasteiger partial charge in [0.05, 0.1) is 10.1 Å². The van der Waals surface area contributed by atoms with Gasteiger partial charge >= 0.3 is 0 Å². The molecule has 0 aliphatic carbocycles. The van der Waals surface area contributed by atoms with Gasteiger partial charge in [0.25, 0.3) is 0 Å². The van der Waals surface area contributed by atoms with Gasteiger partial charge in [0.2, 0.25) is 0 Å². The third-order valence-electron chi connectivity index (χ3n) is 2.45. The fourth-order valence-electron chi connectivity index (χ4n) is 1.51. The topological polar surface area (TPSA) is 34.4 Å². The Morgan fingerprint density at radius 1 is 1.69 bits per heavy atom. The maximum atomic E-state index is 5.45. The van der Waals surface area contributed by atoms with E-state index in [4.69, 9.17) is 9.15 Å². The van der Waals surface area contributed by atoms with Crippen LogP contribution >= 0.6 is 15.9 Å². The second-order valence-corrected chi connectivity index (χ2v) is 4.31. The predicted molar refractivity (Wildman–Crippen MR) is 52.7 cm³/mol. The zero-order valence-corrected chi connectivity index (χ0v) is 9.06. The summed E-state index contributed by atoms with van der Waals surface area (Å²) in [7, 11) is 1.75. The SMILES string of the molecule is COC1(Cc2cc(Br)co2)CNC1. The van der Waals surface area contributed by atoms with Gasteiger partial charge in [0, 0.05) is 26.6 Å². The first-order chi connectivity index (χ1) is 6.24. The smallest absolute Gasteiger partial charge is 0.107 e. The number of ether oxygens (including phenoxy) is 1. The van der Waals surface area contributed by atoms with Crippen LogP contribution < -0.4 is 5.32 Å². The van der Waals surface area contributed by atoms with Crippen molar-refractivity contribution < 1.29 is 9.15 Å². The highest BCUT2D eigenvalue weighted by atomic mass is 79.9. The Bertz CT molecular complexity index is 288. The summed E-state index contributed by atoms with van der Waals surface area (Å²) in [6.45, 7) is 1.81. The molecule has 0 saturated carbocycles. The fourth-order valence-corrected chi connectivity index (χ4v) is 1.86. The van der Waals surface area contributed by atoms with Gasteiger partial charge in [0.1, 0.15) is 12.0 Å². The van der Waals surface area contributed by atoms with Crippen LogP contribution in [0.3, 0.4) is 0 Å². The van der Waals surface area contributed by atoms with E-state index in [0.717, 1.165) is 29.7 Å². The average Bonchev–Trinajstić information content (AvgIpc) is 2.44. The number of halogens is 1. The molecule has 13 heavy (non-hydrogen) atoms. The zero-order chi connectivity index (χ0) is 9.31. The summed E-state index contributed by atoms with van der Waals surface area (Å²) in [6, 6.07) is 1.99. The fraction of sp³-hybridized carbons (Fsp3) is 0.556. The summed E-state index contributed by atoms with van der Waals surface area (Å²) in [4.78, 5) is 0. The first-order valence-corrected chi connectivity index (χ1v) is 5.02. The molecule has 2 heterocycles. The van der Waals surface area contributed by atoms with Crippen molar-refractivity contribution in [3.8, 4) is 0 Å². The monoisotopic (exact) mass is 245 g/mol. The zero-order valence-electron chi connectivity index (χ0n) is 7.47. The molecule has 1 aliphatic rings. The minimum Gasteiger partial charge on any atom is -0.468 e. The Hall–Kier alpha value is -0.320. The normalized spacial score (nSPS) is 19.8. The van der Waals surface area contributed by atoms with Crippen LogP contribution in [0.25, 0.3) is 0 Å². The van der Waals surface area contributed by atoms with Gasteiger partial charge in [-0.25, -0.2) is 0 Å². The molecule has 0 spiro atoms. The highest BCUT2D eigenvalue weighted by molar-refractivity contribution is 9.10. The third kappa shape index (κ3) is 1.80. The van der Waals surface area contributed by atoms with Crippen LogP contribution in [0.2, 0.25) is 0 Å². The standard InChI is InChI=1S/C9H12BrNO2/c1-12-9(5-11-6-9)3-8-2-7(10)4-13-8/h2,4,11H,3,5-6H2,1H3. The molecule has 1 aliphatic heterocycles. The van der Waals surface area contributed by atoms with E-state index in [9.17, 15) is 0 Å². The van der Waals surface area contributed by atoms with Gasteiger partial charge in [0.15, 0.2) is 0 Å². The van der Waals surface area contributed by atoms with Crippen LogP contribution in [-0.4, -0.2) is 25.8 Å². The maximum Gasteiger partial charge on any atom is 0.107 e. The van der Waals surface area contributed by atoms with Gasteiger partial charge in [-0.15, -0.1) is 0 Å². The van der Waals surface area contributed by atoms with Crippen molar-refractivity contribution in [2.24, 2.45) is 0 Å². The van der Waals surface area contributed by atoms with Gasteiger partial charge in [-0.3, -0.25) is 0 Å². The van der Waals surface area contributed by atoms with E-state index in [1.165, 1.54) is 0 Å². The van der Waals surface area contributed by atoms with Crippen LogP contribution in [0.5, 0.6) is 0 Å². The van der Waals surface area contributed by atoms with Crippen LogP contribution in [0.4, 0.5) is 0 Å². The van der Waals surface area contributed by atoms with E-state index in [0.29, 0.717) is 0 Å². The molecule has 1 aromatic heterocycles. The van der Waals surface area contributed by atoms with Crippen molar-refractivity contribution >= 4 is 15.9 Å². The largest absolute Gasteiger partial charge is 0.468 e. The van der Waals surface area contributed by atoms with Crippen LogP contribution in [0.15, 0.2) is 21.2 Å². The van der Waals surface area contributed by atoms with Crippen molar-refractivity contribution in [2.75, 3.05) is 20.2 Å². The summed E-state index contributed by atoms with van der Waals surface area (Å²) in [6.07, 6.45) is 2.53. The van der Waals surface area contributed by atoms with E-state index < -0.39 is 0 Å². The van der Waals surface area contributed by atoms with Gasteiger partial charge < -0.3 is 14.5 Å². The molecule has 1 saturated heterocycles. The highest BCUT2D eigenvalue weighted by Gasteiger charge is 2.37. The molecule has 2 rings (SSSR count). The molecule has 3 nitrogen and oxygen atoms in total. The van der Waals surface area contributed by atoms with Gasteiger partial charge in [-0.05, 0) is 22.0 Å². The lowest BCUT2D eigenvalue weighted by Gasteiger charge is -2.40. The molecule has 0 bridgehead atoms. The summed E-state index contributed by atoms with van der Waals surface area (Å²) < 4.78 is 11.8. The Labute approximate surface area is 85.6 Å². The summed E-state index contributed by atoms with van der Waals surface area (Å²) in [5, 5.41) is 3.20. The lowest BCUT2D eigenvalue weighted by Crippen LogP contribution is -2.61. The molecular weight excluding hydrogens is 234 g/mol. The van der Waals surface area contributed by atoms with Crippen molar-refractivity contribution in [1.82, 2.24) is 5.32 Å². The minimum atomic E-state index is -0.0444. The lowest BCUT2D eigenvalue weighted by atomic mass is 9.91. The number of nitrogens with one attached hydrogen (secondary N) is 1. The number of rotatable bonds is 3. The van der Waals surface area contributed by atoms with E-state index >= 15 is 0 Å². The Balaban J connectivity index is 2.04. The number of hydrogen-bond acceptors (Lipinski definition) is 3. The number of furan rings is 1. The van der Waals surface area contributed by atoms with E-state index in [1.807, 2.05) is 6.07 Å². The Morgan fingerprint density at radius 2 is 2.46 bits per heavy atom. The molecule has 4 heteroatoms. The second-order valence-electron chi connectivity index (χ2n) is 3.40. The van der Waals surface area contributed by atoms with E-state index in [1.54, 1.807) is 13.4 Å².